The zero-order valence-corrected chi connectivity index (χ0v) is 21.9. The summed E-state index contributed by atoms with van der Waals surface area (Å²) in [5, 5.41) is 7.98. The molecule has 0 spiro atoms. The number of imide groups is 1. The molecule has 2 aliphatic heterocycles. The van der Waals surface area contributed by atoms with E-state index in [4.69, 9.17) is 0 Å². The van der Waals surface area contributed by atoms with Crippen molar-refractivity contribution in [3.05, 3.63) is 65.7 Å². The number of nitrogens with zero attached hydrogens (tertiary/aromatic N) is 1. The fourth-order valence-corrected chi connectivity index (χ4v) is 5.15. The second-order valence-electron chi connectivity index (χ2n) is 10.3. The summed E-state index contributed by atoms with van der Waals surface area (Å²) in [6.45, 7) is 5.64. The molecule has 1 saturated heterocycles. The summed E-state index contributed by atoms with van der Waals surface area (Å²) in [6.07, 6.45) is 1.64. The molecule has 4 rings (SSSR count). The first kappa shape index (κ1) is 27.0. The monoisotopic (exact) mass is 518 g/mol. The molecular formula is C29H34N4O5. The Morgan fingerprint density at radius 1 is 0.974 bits per heavy atom. The molecule has 0 saturated carbocycles. The zero-order valence-electron chi connectivity index (χ0n) is 21.9. The maximum atomic E-state index is 13.4. The van der Waals surface area contributed by atoms with Crippen LogP contribution in [0.1, 0.15) is 50.8 Å². The number of hydrogen-bond acceptors (Lipinski definition) is 5. The number of ketones is 1. The summed E-state index contributed by atoms with van der Waals surface area (Å²) in [5.41, 5.74) is 2.71. The van der Waals surface area contributed by atoms with E-state index in [1.54, 1.807) is 18.7 Å². The lowest BCUT2D eigenvalue weighted by Crippen LogP contribution is -2.50. The molecule has 200 valence electrons. The largest absolute Gasteiger partial charge is 0.346 e. The molecule has 3 N–H and O–H groups in total. The number of hydrogen-bond donors (Lipinski definition) is 3. The van der Waals surface area contributed by atoms with Gasteiger partial charge in [-0.2, -0.15) is 0 Å². The first-order chi connectivity index (χ1) is 18.2. The second kappa shape index (κ2) is 11.6. The molecule has 2 heterocycles. The van der Waals surface area contributed by atoms with Gasteiger partial charge < -0.3 is 10.6 Å². The van der Waals surface area contributed by atoms with Gasteiger partial charge in [0.15, 0.2) is 5.78 Å². The fraction of sp³-hybridized carbons (Fsp3) is 0.414. The highest BCUT2D eigenvalue weighted by Gasteiger charge is 2.46. The summed E-state index contributed by atoms with van der Waals surface area (Å²) in [5.74, 6) is -4.30. The number of rotatable bonds is 8. The number of benzene rings is 2. The van der Waals surface area contributed by atoms with Crippen LogP contribution < -0.4 is 20.9 Å². The molecular weight excluding hydrogens is 484 g/mol. The van der Waals surface area contributed by atoms with E-state index in [-0.39, 0.29) is 18.4 Å². The molecule has 2 aliphatic rings. The van der Waals surface area contributed by atoms with E-state index in [0.717, 1.165) is 29.7 Å². The highest BCUT2D eigenvalue weighted by atomic mass is 16.2. The minimum Gasteiger partial charge on any atom is -0.346 e. The maximum Gasteiger partial charge on any atom is 0.322 e. The minimum atomic E-state index is -1.14. The quantitative estimate of drug-likeness (QED) is 0.366. The van der Waals surface area contributed by atoms with E-state index >= 15 is 0 Å². The number of urea groups is 1. The molecule has 38 heavy (non-hydrogen) atoms. The number of aryl methyl sites for hydroxylation is 1. The van der Waals surface area contributed by atoms with Gasteiger partial charge in [-0.1, -0.05) is 69.3 Å². The summed E-state index contributed by atoms with van der Waals surface area (Å²) in [6, 6.07) is 15.1. The Labute approximate surface area is 222 Å². The van der Waals surface area contributed by atoms with Crippen LogP contribution in [0.3, 0.4) is 0 Å². The van der Waals surface area contributed by atoms with Crippen molar-refractivity contribution in [2.45, 2.75) is 52.1 Å². The Kier molecular flexibility index (Phi) is 8.24. The van der Waals surface area contributed by atoms with Crippen molar-refractivity contribution in [2.24, 2.45) is 17.8 Å². The smallest absolute Gasteiger partial charge is 0.322 e. The number of nitrogens with one attached hydrogen (secondary N) is 3. The van der Waals surface area contributed by atoms with Gasteiger partial charge in [0.2, 0.25) is 17.7 Å². The third kappa shape index (κ3) is 5.77. The molecule has 4 atom stereocenters. The summed E-state index contributed by atoms with van der Waals surface area (Å²) < 4.78 is 0. The first-order valence-corrected chi connectivity index (χ1v) is 13.1. The lowest BCUT2D eigenvalue weighted by molar-refractivity contribution is -0.137. The topological polar surface area (TPSA) is 125 Å². The van der Waals surface area contributed by atoms with Crippen molar-refractivity contribution in [3.8, 4) is 0 Å². The van der Waals surface area contributed by atoms with Crippen LogP contribution in [-0.2, 0) is 25.6 Å². The highest BCUT2D eigenvalue weighted by molar-refractivity contribution is 6.16. The van der Waals surface area contributed by atoms with E-state index in [1.165, 1.54) is 6.92 Å². The van der Waals surface area contributed by atoms with Gasteiger partial charge in [-0.3, -0.25) is 29.4 Å². The molecule has 2 aromatic carbocycles. The van der Waals surface area contributed by atoms with Crippen molar-refractivity contribution >= 4 is 35.2 Å². The average molecular weight is 519 g/mol. The number of amides is 5. The highest BCUT2D eigenvalue weighted by Crippen LogP contribution is 2.28. The van der Waals surface area contributed by atoms with Crippen LogP contribution in [0.4, 0.5) is 10.5 Å². The van der Waals surface area contributed by atoms with Gasteiger partial charge in [0.05, 0.1) is 24.4 Å². The first-order valence-electron chi connectivity index (χ1n) is 13.1. The summed E-state index contributed by atoms with van der Waals surface area (Å²) >= 11 is 0. The Morgan fingerprint density at radius 2 is 1.66 bits per heavy atom. The predicted molar refractivity (Wildman–Crippen MR) is 142 cm³/mol. The van der Waals surface area contributed by atoms with E-state index in [2.05, 4.69) is 16.0 Å². The van der Waals surface area contributed by atoms with Crippen molar-refractivity contribution in [1.82, 2.24) is 16.0 Å². The summed E-state index contributed by atoms with van der Waals surface area (Å²) in [7, 11) is 0. The lowest BCUT2D eigenvalue weighted by atomic mass is 9.85. The van der Waals surface area contributed by atoms with Crippen LogP contribution in [0.5, 0.6) is 0 Å². The second-order valence-corrected chi connectivity index (χ2v) is 10.3. The third-order valence-corrected chi connectivity index (χ3v) is 7.28. The van der Waals surface area contributed by atoms with Gasteiger partial charge >= 0.3 is 6.03 Å². The van der Waals surface area contributed by atoms with E-state index in [9.17, 15) is 24.0 Å². The Bertz CT molecular complexity index is 1230. The van der Waals surface area contributed by atoms with E-state index < -0.39 is 47.4 Å². The molecule has 9 heteroatoms. The SMILES string of the molecule is CC(C)[C@H](NC(=O)CC(NC(=O)N1CCCc2ccccc21)c1ccccc1)C(=O)C1C(=O)NC(=O)[C@H]1C. The molecule has 9 nitrogen and oxygen atoms in total. The standard InChI is InChI=1S/C29H34N4O5/c1-17(2)25(26(35)24-18(3)27(36)32-28(24)37)31-23(34)16-21(19-10-5-4-6-11-19)30-29(38)33-15-9-13-20-12-7-8-14-22(20)33/h4-8,10-12,14,17-18,21,24-25H,9,13,15-16H2,1-3H3,(H,30,38)(H,31,34)(H,32,36,37)/t18-,21?,24?,25-/m0/s1. The molecule has 2 aromatic rings. The van der Waals surface area contributed by atoms with Gasteiger partial charge in [-0.15, -0.1) is 0 Å². The van der Waals surface area contributed by atoms with Gasteiger partial charge in [-0.05, 0) is 36.0 Å². The number of carbonyl (C=O) groups is 5. The van der Waals surface area contributed by atoms with Crippen molar-refractivity contribution < 1.29 is 24.0 Å². The van der Waals surface area contributed by atoms with Crippen LogP contribution >= 0.6 is 0 Å². The molecule has 0 aromatic heterocycles. The molecule has 0 bridgehead atoms. The molecule has 5 amide bonds. The van der Waals surface area contributed by atoms with Crippen LogP contribution in [-0.4, -0.2) is 42.1 Å². The van der Waals surface area contributed by atoms with Crippen LogP contribution in [0.15, 0.2) is 54.6 Å². The fourth-order valence-electron chi connectivity index (χ4n) is 5.15. The summed E-state index contributed by atoms with van der Waals surface area (Å²) in [4.78, 5) is 65.7. The van der Waals surface area contributed by atoms with Gasteiger partial charge in [-0.25, -0.2) is 4.79 Å². The number of anilines is 1. The normalized spacial score (nSPS) is 20.4. The predicted octanol–water partition coefficient (Wildman–Crippen LogP) is 2.90. The van der Waals surface area contributed by atoms with E-state index in [0.29, 0.717) is 6.54 Å². The molecule has 2 unspecified atom stereocenters. The zero-order chi connectivity index (χ0) is 27.4. The molecule has 0 radical (unpaired) electrons. The van der Waals surface area contributed by atoms with Gasteiger partial charge in [0.25, 0.3) is 0 Å². The Hall–Kier alpha value is -4.01. The number of fused-ring (bicyclic) bond motifs is 1. The Balaban J connectivity index is 1.50. The third-order valence-electron chi connectivity index (χ3n) is 7.28. The minimum absolute atomic E-state index is 0.104. The van der Waals surface area contributed by atoms with Crippen LogP contribution in [0, 0.1) is 17.8 Å². The molecule has 1 fully saturated rings. The number of para-hydroxylation sites is 1. The van der Waals surface area contributed by atoms with E-state index in [1.807, 2.05) is 54.6 Å². The molecule has 0 aliphatic carbocycles. The van der Waals surface area contributed by atoms with Gasteiger partial charge in [0, 0.05) is 12.2 Å². The van der Waals surface area contributed by atoms with Crippen molar-refractivity contribution in [2.75, 3.05) is 11.4 Å². The maximum absolute atomic E-state index is 13.4. The van der Waals surface area contributed by atoms with Crippen LogP contribution in [0.2, 0.25) is 0 Å². The van der Waals surface area contributed by atoms with Crippen molar-refractivity contribution in [3.63, 3.8) is 0 Å². The number of carbonyl (C=O) groups excluding carboxylic acids is 5. The van der Waals surface area contributed by atoms with Crippen LogP contribution in [0.25, 0.3) is 0 Å². The number of Topliss-reactive ketones (excluding diaryl/α,β-unsaturated/α-hetero) is 1. The Morgan fingerprint density at radius 3 is 2.32 bits per heavy atom. The lowest BCUT2D eigenvalue weighted by Gasteiger charge is -2.31. The van der Waals surface area contributed by atoms with Gasteiger partial charge in [0.1, 0.15) is 5.92 Å². The van der Waals surface area contributed by atoms with Crippen molar-refractivity contribution in [1.29, 1.82) is 0 Å². The average Bonchev–Trinajstić information content (AvgIpc) is 3.16.